The summed E-state index contributed by atoms with van der Waals surface area (Å²) in [5.74, 6) is 0. The van der Waals surface area contributed by atoms with Gasteiger partial charge < -0.3 is 0 Å². The van der Waals surface area contributed by atoms with Gasteiger partial charge in [0, 0.05) is 0 Å². The molecule has 0 radical (unpaired) electrons. The second-order valence-corrected chi connectivity index (χ2v) is 6.53. The highest BCUT2D eigenvalue weighted by molar-refractivity contribution is 6.17. The van der Waals surface area contributed by atoms with E-state index in [9.17, 15) is 0 Å². The fraction of sp³-hybridized carbons (Fsp3) is 0.0714. The van der Waals surface area contributed by atoms with Crippen LogP contribution in [0.2, 0.25) is 0 Å². The van der Waals surface area contributed by atoms with Crippen LogP contribution in [0.3, 0.4) is 0 Å². The van der Waals surface area contributed by atoms with Crippen LogP contribution in [0.5, 0.6) is 0 Å². The van der Waals surface area contributed by atoms with Gasteiger partial charge in [0.15, 0.2) is 0 Å². The first kappa shape index (κ1) is 19.4. The molecule has 0 aliphatic carbocycles. The summed E-state index contributed by atoms with van der Waals surface area (Å²) in [6.45, 7) is 12.0. The average molecular weight is 363 g/mol. The molecule has 0 fully saturated rings. The van der Waals surface area contributed by atoms with E-state index < -0.39 is 0 Å². The molecule has 0 saturated heterocycles. The fourth-order valence-corrected chi connectivity index (χ4v) is 3.70. The summed E-state index contributed by atoms with van der Waals surface area (Å²) in [5.41, 5.74) is 4.80. The van der Waals surface area contributed by atoms with E-state index in [0.29, 0.717) is 0 Å². The Morgan fingerprint density at radius 1 is 0.714 bits per heavy atom. The van der Waals surface area contributed by atoms with Crippen LogP contribution in [0.4, 0.5) is 0 Å². The molecular formula is C28H26. The lowest BCUT2D eigenvalue weighted by atomic mass is 9.85. The molecule has 0 N–H and O–H groups in total. The van der Waals surface area contributed by atoms with Crippen molar-refractivity contribution in [1.82, 2.24) is 0 Å². The highest BCUT2D eigenvalue weighted by Gasteiger charge is 2.16. The van der Waals surface area contributed by atoms with Crippen LogP contribution in [0.1, 0.15) is 25.0 Å². The van der Waals surface area contributed by atoms with Gasteiger partial charge in [0.2, 0.25) is 0 Å². The Labute approximate surface area is 168 Å². The Morgan fingerprint density at radius 3 is 1.61 bits per heavy atom. The summed E-state index contributed by atoms with van der Waals surface area (Å²) in [6.07, 6.45) is 16.3. The molecule has 0 nitrogen and oxygen atoms in total. The SMILES string of the molecule is C=C/C=C\C(=C/C)c1c2ccccc2c(/C(C=C)=C/C=C\C)c2ccccc12. The zero-order valence-electron chi connectivity index (χ0n) is 16.7. The molecule has 0 aromatic heterocycles. The smallest absolute Gasteiger partial charge is 0.00266 e. The number of allylic oxidation sites excluding steroid dienone is 10. The Bertz CT molecular complexity index is 1090. The second kappa shape index (κ2) is 9.01. The largest absolute Gasteiger partial charge is 0.0991 e. The molecule has 138 valence electrons. The maximum absolute atomic E-state index is 4.08. The predicted molar refractivity (Wildman–Crippen MR) is 127 cm³/mol. The standard InChI is InChI=1S/C28H26/c1-5-9-15-21(7-3)27-23-17-11-13-19-25(23)28(22(8-4)16-10-6-2)26-20-14-12-18-24(26)27/h5-20H,1,4H2,2-3H3/b10-6-,15-9-,21-7+,22-16+. The van der Waals surface area contributed by atoms with Crippen LogP contribution < -0.4 is 0 Å². The number of hydrogen-bond donors (Lipinski definition) is 0. The maximum atomic E-state index is 4.08. The number of hydrogen-bond acceptors (Lipinski definition) is 0. The lowest BCUT2D eigenvalue weighted by Gasteiger charge is -2.18. The van der Waals surface area contributed by atoms with Gasteiger partial charge in [-0.25, -0.2) is 0 Å². The van der Waals surface area contributed by atoms with Gasteiger partial charge in [0.25, 0.3) is 0 Å². The van der Waals surface area contributed by atoms with E-state index >= 15 is 0 Å². The average Bonchev–Trinajstić information content (AvgIpc) is 2.75. The predicted octanol–water partition coefficient (Wildman–Crippen LogP) is 8.28. The topological polar surface area (TPSA) is 0 Å². The monoisotopic (exact) mass is 362 g/mol. The first-order chi connectivity index (χ1) is 13.8. The van der Waals surface area contributed by atoms with Crippen LogP contribution >= 0.6 is 0 Å². The minimum Gasteiger partial charge on any atom is -0.0991 e. The summed E-state index contributed by atoms with van der Waals surface area (Å²) in [7, 11) is 0. The van der Waals surface area contributed by atoms with Crippen molar-refractivity contribution in [3.63, 3.8) is 0 Å². The molecule has 0 heteroatoms. The van der Waals surface area contributed by atoms with Gasteiger partial charge in [-0.2, -0.15) is 0 Å². The van der Waals surface area contributed by atoms with E-state index in [-0.39, 0.29) is 0 Å². The van der Waals surface area contributed by atoms with Crippen molar-refractivity contribution in [2.75, 3.05) is 0 Å². The van der Waals surface area contributed by atoms with Crippen LogP contribution in [0.15, 0.2) is 110 Å². The second-order valence-electron chi connectivity index (χ2n) is 6.53. The van der Waals surface area contributed by atoms with Gasteiger partial charge in [-0.05, 0) is 57.7 Å². The molecule has 0 atom stereocenters. The summed E-state index contributed by atoms with van der Waals surface area (Å²) >= 11 is 0. The first-order valence-electron chi connectivity index (χ1n) is 9.61. The lowest BCUT2D eigenvalue weighted by Crippen LogP contribution is -1.94. The van der Waals surface area contributed by atoms with Gasteiger partial charge in [0.05, 0.1) is 0 Å². The third kappa shape index (κ3) is 3.54. The van der Waals surface area contributed by atoms with E-state index in [1.165, 1.54) is 38.2 Å². The van der Waals surface area contributed by atoms with Crippen molar-refractivity contribution in [2.24, 2.45) is 0 Å². The van der Waals surface area contributed by atoms with E-state index in [2.05, 4.69) is 92.9 Å². The van der Waals surface area contributed by atoms with E-state index in [1.807, 2.05) is 31.2 Å². The van der Waals surface area contributed by atoms with Crippen molar-refractivity contribution in [1.29, 1.82) is 0 Å². The van der Waals surface area contributed by atoms with E-state index in [0.717, 1.165) is 5.57 Å². The summed E-state index contributed by atoms with van der Waals surface area (Å²) in [5, 5.41) is 4.95. The first-order valence-corrected chi connectivity index (χ1v) is 9.61. The van der Waals surface area contributed by atoms with Crippen molar-refractivity contribution < 1.29 is 0 Å². The van der Waals surface area contributed by atoms with Crippen LogP contribution in [0, 0.1) is 0 Å². The van der Waals surface area contributed by atoms with Crippen molar-refractivity contribution in [3.8, 4) is 0 Å². The van der Waals surface area contributed by atoms with E-state index in [1.54, 1.807) is 0 Å². The molecule has 0 bridgehead atoms. The Balaban J connectivity index is 2.55. The zero-order valence-corrected chi connectivity index (χ0v) is 16.7. The fourth-order valence-electron chi connectivity index (χ4n) is 3.70. The lowest BCUT2D eigenvalue weighted by molar-refractivity contribution is 1.65. The van der Waals surface area contributed by atoms with Gasteiger partial charge in [0.1, 0.15) is 0 Å². The highest BCUT2D eigenvalue weighted by atomic mass is 14.2. The minimum atomic E-state index is 1.13. The number of rotatable bonds is 6. The molecule has 3 aromatic rings. The number of benzene rings is 3. The molecule has 0 unspecified atom stereocenters. The number of fused-ring (bicyclic) bond motifs is 2. The molecule has 3 aromatic carbocycles. The summed E-state index contributed by atoms with van der Waals surface area (Å²) in [6, 6.07) is 17.3. The summed E-state index contributed by atoms with van der Waals surface area (Å²) < 4.78 is 0. The third-order valence-corrected chi connectivity index (χ3v) is 4.92. The Kier molecular flexibility index (Phi) is 6.24. The molecule has 0 heterocycles. The summed E-state index contributed by atoms with van der Waals surface area (Å²) in [4.78, 5) is 0. The van der Waals surface area contributed by atoms with Gasteiger partial charge in [-0.15, -0.1) is 0 Å². The van der Waals surface area contributed by atoms with Crippen molar-refractivity contribution in [3.05, 3.63) is 121 Å². The molecule has 28 heavy (non-hydrogen) atoms. The van der Waals surface area contributed by atoms with Gasteiger partial charge in [-0.1, -0.05) is 110 Å². The molecule has 3 rings (SSSR count). The highest BCUT2D eigenvalue weighted by Crippen LogP contribution is 2.40. The molecular weight excluding hydrogens is 336 g/mol. The van der Waals surface area contributed by atoms with Crippen molar-refractivity contribution in [2.45, 2.75) is 13.8 Å². The Hall–Kier alpha value is -3.38. The van der Waals surface area contributed by atoms with Crippen LogP contribution in [-0.2, 0) is 0 Å². The van der Waals surface area contributed by atoms with E-state index in [4.69, 9.17) is 0 Å². The van der Waals surface area contributed by atoms with Crippen molar-refractivity contribution >= 4 is 32.7 Å². The van der Waals surface area contributed by atoms with Crippen LogP contribution in [-0.4, -0.2) is 0 Å². The minimum absolute atomic E-state index is 1.13. The molecule has 0 saturated carbocycles. The Morgan fingerprint density at radius 2 is 1.21 bits per heavy atom. The maximum Gasteiger partial charge on any atom is -0.00266 e. The molecule has 0 amide bonds. The van der Waals surface area contributed by atoms with Crippen LogP contribution in [0.25, 0.3) is 32.7 Å². The normalized spacial score (nSPS) is 13.1. The molecule has 0 aliphatic heterocycles. The third-order valence-electron chi connectivity index (χ3n) is 4.92. The molecule has 0 aliphatic rings. The quantitative estimate of drug-likeness (QED) is 0.306. The van der Waals surface area contributed by atoms with Gasteiger partial charge >= 0.3 is 0 Å². The molecule has 0 spiro atoms. The van der Waals surface area contributed by atoms with Gasteiger partial charge in [-0.3, -0.25) is 0 Å². The zero-order chi connectivity index (χ0) is 19.9.